The van der Waals surface area contributed by atoms with Gasteiger partial charge >= 0.3 is 0 Å². The summed E-state index contributed by atoms with van der Waals surface area (Å²) >= 11 is 7.51. The van der Waals surface area contributed by atoms with Gasteiger partial charge in [-0.25, -0.2) is 10.4 Å². The molecule has 0 bridgehead atoms. The number of aromatic nitrogens is 2. The summed E-state index contributed by atoms with van der Waals surface area (Å²) in [5.41, 5.74) is 3.85. The van der Waals surface area contributed by atoms with Crippen LogP contribution in [0.3, 0.4) is 0 Å². The third-order valence-corrected chi connectivity index (χ3v) is 4.19. The van der Waals surface area contributed by atoms with Gasteiger partial charge in [-0.05, 0) is 12.1 Å². The highest BCUT2D eigenvalue weighted by Gasteiger charge is 2.09. The highest BCUT2D eigenvalue weighted by atomic mass is 35.5. The first-order valence-corrected chi connectivity index (χ1v) is 8.24. The number of ether oxygens (including phenoxy) is 1. The summed E-state index contributed by atoms with van der Waals surface area (Å²) < 4.78 is 6.93. The monoisotopic (exact) mass is 363 g/mol. The number of hydrogen-bond acceptors (Lipinski definition) is 6. The average Bonchev–Trinajstić information content (AvgIpc) is 3.15. The van der Waals surface area contributed by atoms with Crippen LogP contribution in [0.1, 0.15) is 5.69 Å². The van der Waals surface area contributed by atoms with Crippen molar-refractivity contribution in [2.75, 3.05) is 19.0 Å². The predicted molar refractivity (Wildman–Crippen MR) is 95.3 cm³/mol. The molecule has 9 heteroatoms. The molecular formula is C15H14ClN5O2S. The van der Waals surface area contributed by atoms with Gasteiger partial charge in [-0.15, -0.1) is 11.3 Å². The van der Waals surface area contributed by atoms with Crippen LogP contribution in [-0.4, -0.2) is 35.2 Å². The van der Waals surface area contributed by atoms with Gasteiger partial charge < -0.3 is 10.1 Å². The maximum Gasteiger partial charge on any atom is 0.259 e. The van der Waals surface area contributed by atoms with Gasteiger partial charge in [-0.2, -0.15) is 5.10 Å². The molecule has 24 heavy (non-hydrogen) atoms. The largest absolute Gasteiger partial charge is 0.497 e. The van der Waals surface area contributed by atoms with Gasteiger partial charge in [0.2, 0.25) is 0 Å². The number of carbonyl (C=O) groups excluding carboxylic acids is 1. The fourth-order valence-corrected chi connectivity index (χ4v) is 3.00. The fraction of sp³-hybridized carbons (Fsp3) is 0.133. The molecule has 0 spiro atoms. The number of rotatable bonds is 6. The van der Waals surface area contributed by atoms with Crippen molar-refractivity contribution in [2.24, 2.45) is 5.10 Å². The lowest BCUT2D eigenvalue weighted by atomic mass is 10.3. The molecule has 1 amide bonds. The van der Waals surface area contributed by atoms with E-state index in [2.05, 4.69) is 20.8 Å². The Morgan fingerprint density at radius 3 is 3.25 bits per heavy atom. The fourth-order valence-electron chi connectivity index (χ4n) is 2.01. The van der Waals surface area contributed by atoms with E-state index in [0.717, 1.165) is 10.6 Å². The van der Waals surface area contributed by atoms with Gasteiger partial charge in [0.1, 0.15) is 11.4 Å². The number of carbonyl (C=O) groups is 1. The molecule has 2 N–H and O–H groups in total. The third-order valence-electron chi connectivity index (χ3n) is 3.15. The maximum absolute atomic E-state index is 11.8. The standard InChI is InChI=1S/C15H14ClN5O2S/c1-23-11-4-2-3-10(7-11)17-9-13(22)20-18-8-12-14(16)19-15-21(12)5-6-24-15/h2-8,17H,9H2,1H3,(H,20,22)/b18-8-. The zero-order chi connectivity index (χ0) is 16.9. The predicted octanol–water partition coefficient (Wildman–Crippen LogP) is 2.62. The van der Waals surface area contributed by atoms with Crippen molar-refractivity contribution in [3.8, 4) is 5.75 Å². The molecule has 3 aromatic rings. The molecule has 0 aliphatic carbocycles. The number of hydrazone groups is 1. The topological polar surface area (TPSA) is 80.0 Å². The normalized spacial score (nSPS) is 11.1. The SMILES string of the molecule is COc1cccc(NCC(=O)N/N=C\c2c(Cl)nc3sccn23)c1. The first kappa shape index (κ1) is 16.3. The van der Waals surface area contributed by atoms with E-state index in [1.165, 1.54) is 17.6 Å². The molecule has 0 saturated heterocycles. The van der Waals surface area contributed by atoms with Crippen molar-refractivity contribution in [3.63, 3.8) is 0 Å². The summed E-state index contributed by atoms with van der Waals surface area (Å²) in [6.45, 7) is 0.0819. The molecule has 7 nitrogen and oxygen atoms in total. The highest BCUT2D eigenvalue weighted by molar-refractivity contribution is 7.15. The van der Waals surface area contributed by atoms with E-state index in [1.54, 1.807) is 17.6 Å². The number of amides is 1. The second kappa shape index (κ2) is 7.33. The summed E-state index contributed by atoms with van der Waals surface area (Å²) in [5.74, 6) is 0.435. The van der Waals surface area contributed by atoms with Crippen LogP contribution in [0.25, 0.3) is 4.96 Å². The quantitative estimate of drug-likeness (QED) is 0.521. The Hall–Kier alpha value is -2.58. The second-order valence-electron chi connectivity index (χ2n) is 4.72. The van der Waals surface area contributed by atoms with Gasteiger partial charge in [-0.3, -0.25) is 9.20 Å². The Kier molecular flexibility index (Phi) is 4.97. The van der Waals surface area contributed by atoms with Crippen LogP contribution in [0, 0.1) is 0 Å². The number of imidazole rings is 1. The van der Waals surface area contributed by atoms with Gasteiger partial charge in [-0.1, -0.05) is 17.7 Å². The van der Waals surface area contributed by atoms with Crippen LogP contribution in [0.4, 0.5) is 5.69 Å². The molecule has 0 unspecified atom stereocenters. The lowest BCUT2D eigenvalue weighted by Crippen LogP contribution is -2.25. The minimum Gasteiger partial charge on any atom is -0.497 e. The number of nitrogens with one attached hydrogen (secondary N) is 2. The lowest BCUT2D eigenvalue weighted by molar-refractivity contribution is -0.119. The van der Waals surface area contributed by atoms with Crippen LogP contribution in [0.15, 0.2) is 40.9 Å². The molecule has 2 heterocycles. The van der Waals surface area contributed by atoms with Crippen molar-refractivity contribution >= 4 is 45.7 Å². The number of thiazole rings is 1. The summed E-state index contributed by atoms with van der Waals surface area (Å²) in [5, 5.41) is 9.15. The molecule has 0 aliphatic heterocycles. The Morgan fingerprint density at radius 2 is 2.42 bits per heavy atom. The van der Waals surface area contributed by atoms with E-state index >= 15 is 0 Å². The number of methoxy groups -OCH3 is 1. The zero-order valence-electron chi connectivity index (χ0n) is 12.7. The molecule has 0 fully saturated rings. The van der Waals surface area contributed by atoms with E-state index in [4.69, 9.17) is 16.3 Å². The number of nitrogens with zero attached hydrogens (tertiary/aromatic N) is 3. The van der Waals surface area contributed by atoms with E-state index in [-0.39, 0.29) is 12.5 Å². The zero-order valence-corrected chi connectivity index (χ0v) is 14.3. The number of halogens is 1. The van der Waals surface area contributed by atoms with Gasteiger partial charge in [0, 0.05) is 23.3 Å². The summed E-state index contributed by atoms with van der Waals surface area (Å²) in [4.78, 5) is 16.8. The van der Waals surface area contributed by atoms with Crippen molar-refractivity contribution in [1.82, 2.24) is 14.8 Å². The van der Waals surface area contributed by atoms with Crippen molar-refractivity contribution in [3.05, 3.63) is 46.7 Å². The average molecular weight is 364 g/mol. The summed E-state index contributed by atoms with van der Waals surface area (Å²) in [6, 6.07) is 7.31. The van der Waals surface area contributed by atoms with Crippen molar-refractivity contribution in [1.29, 1.82) is 0 Å². The lowest BCUT2D eigenvalue weighted by Gasteiger charge is -2.06. The molecule has 3 rings (SSSR count). The molecule has 0 saturated carbocycles. The number of benzene rings is 1. The van der Waals surface area contributed by atoms with Crippen LogP contribution in [0.2, 0.25) is 5.15 Å². The second-order valence-corrected chi connectivity index (χ2v) is 5.95. The van der Waals surface area contributed by atoms with E-state index < -0.39 is 0 Å². The maximum atomic E-state index is 11.8. The first-order chi connectivity index (χ1) is 11.7. The minimum atomic E-state index is -0.281. The van der Waals surface area contributed by atoms with Crippen LogP contribution in [-0.2, 0) is 4.79 Å². The Balaban J connectivity index is 1.55. The smallest absolute Gasteiger partial charge is 0.259 e. The molecule has 0 aliphatic rings. The summed E-state index contributed by atoms with van der Waals surface area (Å²) in [7, 11) is 1.59. The van der Waals surface area contributed by atoms with E-state index in [1.807, 2.05) is 29.8 Å². The van der Waals surface area contributed by atoms with Gasteiger partial charge in [0.25, 0.3) is 5.91 Å². The van der Waals surface area contributed by atoms with Gasteiger partial charge in [0.05, 0.1) is 19.9 Å². The van der Waals surface area contributed by atoms with E-state index in [9.17, 15) is 4.79 Å². The Labute approximate surface area is 146 Å². The minimum absolute atomic E-state index is 0.0819. The van der Waals surface area contributed by atoms with Gasteiger partial charge in [0.15, 0.2) is 10.1 Å². The van der Waals surface area contributed by atoms with Crippen LogP contribution in [0.5, 0.6) is 5.75 Å². The number of fused-ring (bicyclic) bond motifs is 1. The molecule has 0 radical (unpaired) electrons. The molecule has 1 aromatic carbocycles. The summed E-state index contributed by atoms with van der Waals surface area (Å²) in [6.07, 6.45) is 3.31. The molecular weight excluding hydrogens is 350 g/mol. The first-order valence-electron chi connectivity index (χ1n) is 6.98. The van der Waals surface area contributed by atoms with Crippen molar-refractivity contribution < 1.29 is 9.53 Å². The highest BCUT2D eigenvalue weighted by Crippen LogP contribution is 2.19. The van der Waals surface area contributed by atoms with Crippen molar-refractivity contribution in [2.45, 2.75) is 0 Å². The third kappa shape index (κ3) is 3.66. The number of anilines is 1. The Bertz CT molecular complexity index is 889. The molecule has 124 valence electrons. The Morgan fingerprint density at radius 1 is 1.54 bits per heavy atom. The molecule has 2 aromatic heterocycles. The van der Waals surface area contributed by atoms with Crippen LogP contribution < -0.4 is 15.5 Å². The number of hydrogen-bond donors (Lipinski definition) is 2. The van der Waals surface area contributed by atoms with Crippen LogP contribution >= 0.6 is 22.9 Å². The molecule has 0 atom stereocenters. The van der Waals surface area contributed by atoms with E-state index in [0.29, 0.717) is 16.6 Å².